The lowest BCUT2D eigenvalue weighted by Crippen LogP contribution is -2.37. The van der Waals surface area contributed by atoms with Crippen LogP contribution in [0.4, 0.5) is 5.69 Å². The highest BCUT2D eigenvalue weighted by molar-refractivity contribution is 7.80. The molecule has 1 aromatic carbocycles. The molecule has 104 valence electrons. The topological polar surface area (TPSA) is 50.5 Å². The van der Waals surface area contributed by atoms with E-state index in [1.807, 2.05) is 18.2 Å². The first-order valence-corrected chi connectivity index (χ1v) is 6.94. The molecule has 19 heavy (non-hydrogen) atoms. The van der Waals surface area contributed by atoms with Crippen molar-refractivity contribution in [3.05, 3.63) is 23.8 Å². The summed E-state index contributed by atoms with van der Waals surface area (Å²) >= 11 is 5.10. The minimum atomic E-state index is 0.415. The van der Waals surface area contributed by atoms with Gasteiger partial charge in [-0.1, -0.05) is 12.2 Å². The van der Waals surface area contributed by atoms with Gasteiger partial charge in [0.15, 0.2) is 0 Å². The summed E-state index contributed by atoms with van der Waals surface area (Å²) in [4.78, 5) is 2.76. The number of nitrogens with zero attached hydrogens (tertiary/aromatic N) is 1. The number of hydrogen-bond acceptors (Lipinski definition) is 4. The molecule has 0 radical (unpaired) electrons. The third-order valence-electron chi connectivity index (χ3n) is 3.57. The molecule has 2 rings (SSSR count). The zero-order valence-electron chi connectivity index (χ0n) is 11.5. The van der Waals surface area contributed by atoms with Gasteiger partial charge >= 0.3 is 0 Å². The molecule has 1 aromatic rings. The molecule has 0 amide bonds. The number of anilines is 1. The maximum atomic E-state index is 5.78. The average molecular weight is 279 g/mol. The van der Waals surface area contributed by atoms with Crippen molar-refractivity contribution in [1.29, 1.82) is 0 Å². The Labute approximate surface area is 119 Å². The van der Waals surface area contributed by atoms with Crippen molar-refractivity contribution in [3.8, 4) is 5.75 Å². The summed E-state index contributed by atoms with van der Waals surface area (Å²) in [5, 5.41) is 3.55. The Kier molecular flexibility index (Phi) is 4.61. The maximum Gasteiger partial charge on any atom is 0.120 e. The number of thiocarbonyl (C=S) groups is 1. The first-order chi connectivity index (χ1) is 9.10. The highest BCUT2D eigenvalue weighted by Crippen LogP contribution is 2.25. The van der Waals surface area contributed by atoms with E-state index < -0.39 is 0 Å². The summed E-state index contributed by atoms with van der Waals surface area (Å²) in [6, 6.07) is 6.23. The molecule has 0 aliphatic carbocycles. The molecule has 1 aliphatic heterocycles. The van der Waals surface area contributed by atoms with Gasteiger partial charge in [-0.2, -0.15) is 0 Å². The second-order valence-corrected chi connectivity index (χ2v) is 5.44. The van der Waals surface area contributed by atoms with Gasteiger partial charge in [-0.15, -0.1) is 0 Å². The molecule has 0 spiro atoms. The number of nitrogens with two attached hydrogens (primary N) is 1. The molecule has 1 heterocycles. The van der Waals surface area contributed by atoms with Crippen LogP contribution in [0.3, 0.4) is 0 Å². The molecule has 0 atom stereocenters. The number of likely N-dealkylation sites (tertiary alicyclic amines) is 1. The fraction of sp³-hybridized carbons (Fsp3) is 0.500. The zero-order chi connectivity index (χ0) is 13.8. The molecule has 0 aromatic heterocycles. The summed E-state index contributed by atoms with van der Waals surface area (Å²) < 4.78 is 5.26. The van der Waals surface area contributed by atoms with Crippen LogP contribution in [0.15, 0.2) is 18.2 Å². The lowest BCUT2D eigenvalue weighted by atomic mass is 10.0. The van der Waals surface area contributed by atoms with Gasteiger partial charge in [-0.05, 0) is 45.1 Å². The molecule has 5 heteroatoms. The van der Waals surface area contributed by atoms with Crippen molar-refractivity contribution in [2.75, 3.05) is 32.6 Å². The largest absolute Gasteiger partial charge is 0.497 e. The predicted octanol–water partition coefficient (Wildman–Crippen LogP) is 1.84. The lowest BCUT2D eigenvalue weighted by Gasteiger charge is -2.30. The lowest BCUT2D eigenvalue weighted by molar-refractivity contribution is 0.264. The van der Waals surface area contributed by atoms with Gasteiger partial charge in [0.2, 0.25) is 0 Å². The molecule has 1 saturated heterocycles. The fourth-order valence-corrected chi connectivity index (χ4v) is 2.54. The van der Waals surface area contributed by atoms with Crippen molar-refractivity contribution in [2.24, 2.45) is 5.73 Å². The maximum absolute atomic E-state index is 5.78. The number of ether oxygens (including phenoxy) is 1. The molecule has 3 N–H and O–H groups in total. The smallest absolute Gasteiger partial charge is 0.120 e. The van der Waals surface area contributed by atoms with Gasteiger partial charge in [0.1, 0.15) is 10.7 Å². The molecule has 1 aliphatic rings. The van der Waals surface area contributed by atoms with Gasteiger partial charge in [0, 0.05) is 23.4 Å². The fourth-order valence-electron chi connectivity index (χ4n) is 2.36. The number of methoxy groups -OCH3 is 1. The van der Waals surface area contributed by atoms with E-state index in [9.17, 15) is 0 Å². The van der Waals surface area contributed by atoms with Crippen LogP contribution in [-0.2, 0) is 0 Å². The number of benzene rings is 1. The van der Waals surface area contributed by atoms with E-state index >= 15 is 0 Å². The van der Waals surface area contributed by atoms with Gasteiger partial charge in [-0.25, -0.2) is 0 Å². The standard InChI is InChI=1S/C14H21N3OS/c1-17-7-5-10(6-8-17)16-13-9-11(18-2)3-4-12(13)14(15)19/h3-4,9-10,16H,5-8H2,1-2H3,(H2,15,19). The third-order valence-corrected chi connectivity index (χ3v) is 3.79. The van der Waals surface area contributed by atoms with Gasteiger partial charge < -0.3 is 20.7 Å². The Balaban J connectivity index is 2.15. The zero-order valence-corrected chi connectivity index (χ0v) is 12.3. The van der Waals surface area contributed by atoms with E-state index in [1.165, 1.54) is 0 Å². The Morgan fingerprint density at radius 2 is 2.11 bits per heavy atom. The number of piperidine rings is 1. The van der Waals surface area contributed by atoms with Crippen LogP contribution in [0, 0.1) is 0 Å². The predicted molar refractivity (Wildman–Crippen MR) is 83.0 cm³/mol. The van der Waals surface area contributed by atoms with Gasteiger partial charge in [0.05, 0.1) is 7.11 Å². The summed E-state index contributed by atoms with van der Waals surface area (Å²) in [5.41, 5.74) is 7.63. The molecule has 1 fully saturated rings. The molecular formula is C14H21N3OS. The SMILES string of the molecule is COc1ccc(C(N)=S)c(NC2CCN(C)CC2)c1. The van der Waals surface area contributed by atoms with Crippen molar-refractivity contribution >= 4 is 22.9 Å². The summed E-state index contributed by atoms with van der Waals surface area (Å²) in [6.07, 6.45) is 2.26. The molecular weight excluding hydrogens is 258 g/mol. The van der Waals surface area contributed by atoms with Crippen molar-refractivity contribution in [2.45, 2.75) is 18.9 Å². The molecule has 0 unspecified atom stereocenters. The highest BCUT2D eigenvalue weighted by Gasteiger charge is 2.18. The average Bonchev–Trinajstić information content (AvgIpc) is 2.41. The second-order valence-electron chi connectivity index (χ2n) is 5.00. The Bertz CT molecular complexity index is 456. The summed E-state index contributed by atoms with van der Waals surface area (Å²) in [5.74, 6) is 0.815. The van der Waals surface area contributed by atoms with E-state index in [0.29, 0.717) is 11.0 Å². The minimum Gasteiger partial charge on any atom is -0.497 e. The van der Waals surface area contributed by atoms with Crippen molar-refractivity contribution in [3.63, 3.8) is 0 Å². The second kappa shape index (κ2) is 6.21. The van der Waals surface area contributed by atoms with E-state index in [2.05, 4.69) is 17.3 Å². The monoisotopic (exact) mass is 279 g/mol. The number of rotatable bonds is 4. The minimum absolute atomic E-state index is 0.415. The Hall–Kier alpha value is -1.33. The first kappa shape index (κ1) is 14.1. The van der Waals surface area contributed by atoms with Crippen LogP contribution < -0.4 is 15.8 Å². The Morgan fingerprint density at radius 3 is 2.68 bits per heavy atom. The van der Waals surface area contributed by atoms with Crippen LogP contribution in [0.25, 0.3) is 0 Å². The normalized spacial score (nSPS) is 17.2. The van der Waals surface area contributed by atoms with Crippen LogP contribution in [0.2, 0.25) is 0 Å². The van der Waals surface area contributed by atoms with E-state index in [4.69, 9.17) is 22.7 Å². The van der Waals surface area contributed by atoms with Crippen LogP contribution >= 0.6 is 12.2 Å². The van der Waals surface area contributed by atoms with Crippen LogP contribution in [0.5, 0.6) is 5.75 Å². The first-order valence-electron chi connectivity index (χ1n) is 6.53. The Morgan fingerprint density at radius 1 is 1.42 bits per heavy atom. The third kappa shape index (κ3) is 3.58. The molecule has 0 saturated carbocycles. The summed E-state index contributed by atoms with van der Waals surface area (Å²) in [7, 11) is 3.82. The van der Waals surface area contributed by atoms with E-state index in [1.54, 1.807) is 7.11 Å². The van der Waals surface area contributed by atoms with E-state index in [-0.39, 0.29) is 0 Å². The van der Waals surface area contributed by atoms with Crippen LogP contribution in [0.1, 0.15) is 18.4 Å². The highest BCUT2D eigenvalue weighted by atomic mass is 32.1. The van der Waals surface area contributed by atoms with Crippen molar-refractivity contribution < 1.29 is 4.74 Å². The molecule has 0 bridgehead atoms. The van der Waals surface area contributed by atoms with Gasteiger partial charge in [0.25, 0.3) is 0 Å². The van der Waals surface area contributed by atoms with Crippen molar-refractivity contribution in [1.82, 2.24) is 4.90 Å². The number of nitrogens with one attached hydrogen (secondary N) is 1. The quantitative estimate of drug-likeness (QED) is 0.824. The summed E-state index contributed by atoms with van der Waals surface area (Å²) in [6.45, 7) is 2.23. The number of hydrogen-bond donors (Lipinski definition) is 2. The van der Waals surface area contributed by atoms with Crippen LogP contribution in [-0.4, -0.2) is 43.2 Å². The molecule has 4 nitrogen and oxygen atoms in total. The van der Waals surface area contributed by atoms with E-state index in [0.717, 1.165) is 42.9 Å². The van der Waals surface area contributed by atoms with Gasteiger partial charge in [-0.3, -0.25) is 0 Å².